The SMILES string of the molecule is CCC(C)N(CC(=O)O)Cc1cc(-c2ccccc2)on1. The molecule has 0 aliphatic heterocycles. The Labute approximate surface area is 124 Å². The molecule has 0 fully saturated rings. The van der Waals surface area contributed by atoms with Crippen LogP contribution in [0.25, 0.3) is 11.3 Å². The number of rotatable bonds is 7. The van der Waals surface area contributed by atoms with Crippen LogP contribution >= 0.6 is 0 Å². The van der Waals surface area contributed by atoms with Crippen LogP contribution < -0.4 is 0 Å². The Morgan fingerprint density at radius 2 is 2.10 bits per heavy atom. The maximum Gasteiger partial charge on any atom is 0.317 e. The zero-order chi connectivity index (χ0) is 15.2. The van der Waals surface area contributed by atoms with Crippen LogP contribution in [0.4, 0.5) is 0 Å². The van der Waals surface area contributed by atoms with Gasteiger partial charge in [0.15, 0.2) is 5.76 Å². The number of benzene rings is 1. The molecule has 0 saturated heterocycles. The van der Waals surface area contributed by atoms with Gasteiger partial charge in [-0.05, 0) is 13.3 Å². The lowest BCUT2D eigenvalue weighted by molar-refractivity contribution is -0.139. The van der Waals surface area contributed by atoms with Crippen LogP contribution in [-0.2, 0) is 11.3 Å². The predicted octanol–water partition coefficient (Wildman–Crippen LogP) is 3.03. The van der Waals surface area contributed by atoms with Gasteiger partial charge < -0.3 is 9.63 Å². The quantitative estimate of drug-likeness (QED) is 0.848. The van der Waals surface area contributed by atoms with Gasteiger partial charge in [0, 0.05) is 24.2 Å². The van der Waals surface area contributed by atoms with E-state index in [4.69, 9.17) is 9.63 Å². The molecule has 1 N–H and O–H groups in total. The van der Waals surface area contributed by atoms with E-state index in [-0.39, 0.29) is 12.6 Å². The molecule has 5 nitrogen and oxygen atoms in total. The maximum atomic E-state index is 11.0. The van der Waals surface area contributed by atoms with Gasteiger partial charge in [0.05, 0.1) is 12.2 Å². The minimum Gasteiger partial charge on any atom is -0.480 e. The second-order valence-corrected chi connectivity index (χ2v) is 5.10. The van der Waals surface area contributed by atoms with Crippen molar-refractivity contribution >= 4 is 5.97 Å². The fraction of sp³-hybridized carbons (Fsp3) is 0.375. The minimum atomic E-state index is -0.831. The van der Waals surface area contributed by atoms with E-state index in [0.717, 1.165) is 17.7 Å². The molecule has 0 radical (unpaired) electrons. The summed E-state index contributed by atoms with van der Waals surface area (Å²) >= 11 is 0. The Kier molecular flexibility index (Phi) is 5.11. The molecule has 0 amide bonds. The van der Waals surface area contributed by atoms with Crippen molar-refractivity contribution in [3.05, 3.63) is 42.1 Å². The molecule has 0 aliphatic rings. The Balaban J connectivity index is 2.11. The average molecular weight is 288 g/mol. The lowest BCUT2D eigenvalue weighted by Crippen LogP contribution is -2.36. The zero-order valence-electron chi connectivity index (χ0n) is 12.3. The third kappa shape index (κ3) is 4.16. The Morgan fingerprint density at radius 3 is 2.71 bits per heavy atom. The van der Waals surface area contributed by atoms with Crippen molar-refractivity contribution in [3.63, 3.8) is 0 Å². The smallest absolute Gasteiger partial charge is 0.317 e. The van der Waals surface area contributed by atoms with Crippen molar-refractivity contribution in [2.75, 3.05) is 6.54 Å². The molecular weight excluding hydrogens is 268 g/mol. The lowest BCUT2D eigenvalue weighted by Gasteiger charge is -2.25. The van der Waals surface area contributed by atoms with E-state index in [9.17, 15) is 4.79 Å². The monoisotopic (exact) mass is 288 g/mol. The highest BCUT2D eigenvalue weighted by molar-refractivity contribution is 5.69. The van der Waals surface area contributed by atoms with Crippen LogP contribution in [0.1, 0.15) is 26.0 Å². The van der Waals surface area contributed by atoms with Gasteiger partial charge in [-0.1, -0.05) is 42.4 Å². The van der Waals surface area contributed by atoms with Crippen LogP contribution in [0.15, 0.2) is 40.9 Å². The Hall–Kier alpha value is -2.14. The zero-order valence-corrected chi connectivity index (χ0v) is 12.3. The first-order valence-electron chi connectivity index (χ1n) is 7.07. The summed E-state index contributed by atoms with van der Waals surface area (Å²) in [6, 6.07) is 11.8. The molecule has 1 unspecified atom stereocenters. The second-order valence-electron chi connectivity index (χ2n) is 5.10. The highest BCUT2D eigenvalue weighted by atomic mass is 16.5. The molecule has 1 atom stereocenters. The molecule has 1 heterocycles. The lowest BCUT2D eigenvalue weighted by atomic mass is 10.1. The van der Waals surface area contributed by atoms with Gasteiger partial charge in [-0.3, -0.25) is 9.69 Å². The van der Waals surface area contributed by atoms with Gasteiger partial charge in [-0.25, -0.2) is 0 Å². The molecule has 5 heteroatoms. The predicted molar refractivity (Wildman–Crippen MR) is 79.7 cm³/mol. The van der Waals surface area contributed by atoms with Crippen LogP contribution in [-0.4, -0.2) is 33.7 Å². The van der Waals surface area contributed by atoms with Crippen LogP contribution in [0.5, 0.6) is 0 Å². The summed E-state index contributed by atoms with van der Waals surface area (Å²) in [4.78, 5) is 12.8. The molecular formula is C16H20N2O3. The van der Waals surface area contributed by atoms with Gasteiger partial charge in [-0.15, -0.1) is 0 Å². The number of hydrogen-bond acceptors (Lipinski definition) is 4. The minimum absolute atomic E-state index is 0.00252. The summed E-state index contributed by atoms with van der Waals surface area (Å²) in [6.45, 7) is 4.53. The first-order chi connectivity index (χ1) is 10.1. The number of nitrogens with zero attached hydrogens (tertiary/aromatic N) is 2. The van der Waals surface area contributed by atoms with Crippen molar-refractivity contribution in [1.29, 1.82) is 0 Å². The van der Waals surface area contributed by atoms with Crippen molar-refractivity contribution in [2.45, 2.75) is 32.9 Å². The van der Waals surface area contributed by atoms with Crippen LogP contribution in [0, 0.1) is 0 Å². The Bertz CT molecular complexity index is 580. The summed E-state index contributed by atoms with van der Waals surface area (Å²) in [7, 11) is 0. The molecule has 21 heavy (non-hydrogen) atoms. The molecule has 112 valence electrons. The summed E-state index contributed by atoms with van der Waals surface area (Å²) in [6.07, 6.45) is 0.886. The largest absolute Gasteiger partial charge is 0.480 e. The number of aliphatic carboxylic acids is 1. The number of aromatic nitrogens is 1. The molecule has 0 saturated carbocycles. The third-order valence-corrected chi connectivity index (χ3v) is 3.53. The van der Waals surface area contributed by atoms with Crippen molar-refractivity contribution in [1.82, 2.24) is 10.1 Å². The van der Waals surface area contributed by atoms with E-state index in [1.54, 1.807) is 0 Å². The molecule has 0 bridgehead atoms. The summed E-state index contributed by atoms with van der Waals surface area (Å²) in [5.74, 6) is -0.132. The molecule has 0 spiro atoms. The van der Waals surface area contributed by atoms with Crippen LogP contribution in [0.3, 0.4) is 0 Å². The normalized spacial score (nSPS) is 12.5. The van der Waals surface area contributed by atoms with Gasteiger partial charge in [0.25, 0.3) is 0 Å². The van der Waals surface area contributed by atoms with Crippen LogP contribution in [0.2, 0.25) is 0 Å². The van der Waals surface area contributed by atoms with Crippen molar-refractivity contribution < 1.29 is 14.4 Å². The van der Waals surface area contributed by atoms with Gasteiger partial charge >= 0.3 is 5.97 Å². The van der Waals surface area contributed by atoms with Gasteiger partial charge in [0.1, 0.15) is 0 Å². The summed E-state index contributed by atoms with van der Waals surface area (Å²) < 4.78 is 5.35. The van der Waals surface area contributed by atoms with E-state index >= 15 is 0 Å². The first-order valence-corrected chi connectivity index (χ1v) is 7.07. The van der Waals surface area contributed by atoms with E-state index in [1.165, 1.54) is 0 Å². The second kappa shape index (κ2) is 7.04. The summed E-state index contributed by atoms with van der Waals surface area (Å²) in [5.41, 5.74) is 1.71. The first kappa shape index (κ1) is 15.3. The fourth-order valence-electron chi connectivity index (χ4n) is 2.13. The van der Waals surface area contributed by atoms with E-state index in [2.05, 4.69) is 5.16 Å². The highest BCUT2D eigenvalue weighted by Crippen LogP contribution is 2.21. The summed E-state index contributed by atoms with van der Waals surface area (Å²) in [5, 5.41) is 13.1. The average Bonchev–Trinajstić information content (AvgIpc) is 2.95. The van der Waals surface area contributed by atoms with Gasteiger partial charge in [-0.2, -0.15) is 0 Å². The van der Waals surface area contributed by atoms with E-state index < -0.39 is 5.97 Å². The van der Waals surface area contributed by atoms with Crippen molar-refractivity contribution in [3.8, 4) is 11.3 Å². The van der Waals surface area contributed by atoms with Gasteiger partial charge in [0.2, 0.25) is 0 Å². The number of carboxylic acid groups (broad SMARTS) is 1. The maximum absolute atomic E-state index is 11.0. The van der Waals surface area contributed by atoms with E-state index in [1.807, 2.05) is 55.1 Å². The molecule has 1 aromatic heterocycles. The van der Waals surface area contributed by atoms with E-state index in [0.29, 0.717) is 12.3 Å². The Morgan fingerprint density at radius 1 is 1.38 bits per heavy atom. The number of carboxylic acids is 1. The molecule has 1 aromatic carbocycles. The third-order valence-electron chi connectivity index (χ3n) is 3.53. The molecule has 2 aromatic rings. The number of carbonyl (C=O) groups is 1. The standard InChI is InChI=1S/C16H20N2O3/c1-3-12(2)18(11-16(19)20)10-14-9-15(21-17-14)13-7-5-4-6-8-13/h4-9,12H,3,10-11H2,1-2H3,(H,19,20). The number of hydrogen-bond donors (Lipinski definition) is 1. The topological polar surface area (TPSA) is 66.6 Å². The fourth-order valence-corrected chi connectivity index (χ4v) is 2.13. The molecule has 2 rings (SSSR count). The van der Waals surface area contributed by atoms with Crippen molar-refractivity contribution in [2.24, 2.45) is 0 Å². The molecule has 0 aliphatic carbocycles. The highest BCUT2D eigenvalue weighted by Gasteiger charge is 2.18.